The molecule has 0 aliphatic rings. The van der Waals surface area contributed by atoms with Crippen molar-refractivity contribution in [2.45, 2.75) is 413 Å². The summed E-state index contributed by atoms with van der Waals surface area (Å²) in [4.78, 5) is 72.9. The van der Waals surface area contributed by atoms with Crippen molar-refractivity contribution in [1.82, 2.24) is 0 Å². The van der Waals surface area contributed by atoms with E-state index in [1.165, 1.54) is 212 Å². The van der Waals surface area contributed by atoms with E-state index in [1.54, 1.807) is 0 Å². The number of hydrogen-bond donors (Lipinski definition) is 3. The molecule has 2 unspecified atom stereocenters. The Bertz CT molecular complexity index is 1840. The van der Waals surface area contributed by atoms with Crippen LogP contribution in [0.4, 0.5) is 0 Å². The molecule has 19 heteroatoms. The Morgan fingerprint density at radius 2 is 0.484 bits per heavy atom. The molecule has 0 aliphatic heterocycles. The normalized spacial score (nSPS) is 14.0. The molecule has 3 N–H and O–H groups in total. The van der Waals surface area contributed by atoms with Gasteiger partial charge in [0.05, 0.1) is 26.4 Å². The summed E-state index contributed by atoms with van der Waals surface area (Å²) in [7, 11) is -9.91. The van der Waals surface area contributed by atoms with Gasteiger partial charge in [0.2, 0.25) is 0 Å². The van der Waals surface area contributed by atoms with E-state index in [9.17, 15) is 43.2 Å². The highest BCUT2D eigenvalue weighted by Gasteiger charge is 2.30. The summed E-state index contributed by atoms with van der Waals surface area (Å²) in [5.41, 5.74) is 0. The van der Waals surface area contributed by atoms with Gasteiger partial charge in [-0.3, -0.25) is 37.3 Å². The lowest BCUT2D eigenvalue weighted by atomic mass is 10.0. The first-order valence-corrected chi connectivity index (χ1v) is 42.5. The lowest BCUT2D eigenvalue weighted by Gasteiger charge is -2.21. The number of carbonyl (C=O) groups excluding carboxylic acids is 4. The minimum absolute atomic E-state index is 0.107. The van der Waals surface area contributed by atoms with Crippen LogP contribution >= 0.6 is 15.6 Å². The van der Waals surface area contributed by atoms with E-state index >= 15 is 0 Å². The predicted octanol–water partition coefficient (Wildman–Crippen LogP) is 22.3. The molecule has 564 valence electrons. The largest absolute Gasteiger partial charge is 0.472 e. The predicted molar refractivity (Wildman–Crippen MR) is 386 cm³/mol. The van der Waals surface area contributed by atoms with E-state index < -0.39 is 97.5 Å². The summed E-state index contributed by atoms with van der Waals surface area (Å²) in [5.74, 6) is -0.567. The van der Waals surface area contributed by atoms with Crippen molar-refractivity contribution in [2.24, 2.45) is 11.8 Å². The third kappa shape index (κ3) is 70.3. The molecule has 0 fully saturated rings. The topological polar surface area (TPSA) is 237 Å². The van der Waals surface area contributed by atoms with Crippen LogP contribution in [0.25, 0.3) is 0 Å². The number of unbranched alkanes of at least 4 members (excludes halogenated alkanes) is 45. The molecule has 0 rings (SSSR count). The van der Waals surface area contributed by atoms with Gasteiger partial charge in [0.15, 0.2) is 12.2 Å². The molecule has 0 saturated carbocycles. The third-order valence-corrected chi connectivity index (χ3v) is 19.6. The van der Waals surface area contributed by atoms with Crippen LogP contribution in [0.15, 0.2) is 0 Å². The number of esters is 4. The Labute approximate surface area is 581 Å². The number of aliphatic hydroxyl groups is 1. The summed E-state index contributed by atoms with van der Waals surface area (Å²) >= 11 is 0. The maximum Gasteiger partial charge on any atom is 0.472 e. The summed E-state index contributed by atoms with van der Waals surface area (Å²) < 4.78 is 68.6. The zero-order chi connectivity index (χ0) is 70.0. The van der Waals surface area contributed by atoms with Crippen molar-refractivity contribution in [1.29, 1.82) is 0 Å². The van der Waals surface area contributed by atoms with Crippen LogP contribution in [0.2, 0.25) is 0 Å². The summed E-state index contributed by atoms with van der Waals surface area (Å²) in [6, 6.07) is 0. The highest BCUT2D eigenvalue weighted by Crippen LogP contribution is 2.45. The maximum atomic E-state index is 13.1. The van der Waals surface area contributed by atoms with Crippen molar-refractivity contribution < 1.29 is 80.2 Å². The molecule has 0 aromatic carbocycles. The van der Waals surface area contributed by atoms with Gasteiger partial charge in [0.1, 0.15) is 19.3 Å². The monoisotopic (exact) mass is 1400 g/mol. The number of ether oxygens (including phenoxy) is 4. The van der Waals surface area contributed by atoms with E-state index in [-0.39, 0.29) is 25.7 Å². The van der Waals surface area contributed by atoms with E-state index in [0.29, 0.717) is 25.7 Å². The Kier molecular flexibility index (Phi) is 66.5. The lowest BCUT2D eigenvalue weighted by molar-refractivity contribution is -0.161. The Morgan fingerprint density at radius 1 is 0.284 bits per heavy atom. The summed E-state index contributed by atoms with van der Waals surface area (Å²) in [5, 5.41) is 10.6. The van der Waals surface area contributed by atoms with Gasteiger partial charge in [-0.05, 0) is 37.5 Å². The van der Waals surface area contributed by atoms with Crippen LogP contribution < -0.4 is 0 Å². The Morgan fingerprint density at radius 3 is 0.716 bits per heavy atom. The zero-order valence-electron chi connectivity index (χ0n) is 62.0. The van der Waals surface area contributed by atoms with Gasteiger partial charge in [-0.2, -0.15) is 0 Å². The van der Waals surface area contributed by atoms with Crippen LogP contribution in [0, 0.1) is 11.8 Å². The molecule has 0 spiro atoms. The minimum Gasteiger partial charge on any atom is -0.462 e. The first-order valence-electron chi connectivity index (χ1n) is 39.5. The lowest BCUT2D eigenvalue weighted by Crippen LogP contribution is -2.30. The van der Waals surface area contributed by atoms with Gasteiger partial charge in [-0.1, -0.05) is 343 Å². The van der Waals surface area contributed by atoms with Crippen LogP contribution in [0.3, 0.4) is 0 Å². The molecule has 0 aromatic heterocycles. The van der Waals surface area contributed by atoms with Gasteiger partial charge in [-0.15, -0.1) is 0 Å². The fourth-order valence-corrected chi connectivity index (χ4v) is 13.2. The second-order valence-electron chi connectivity index (χ2n) is 28.3. The average Bonchev–Trinajstić information content (AvgIpc) is 1.72. The second-order valence-corrected chi connectivity index (χ2v) is 31.3. The van der Waals surface area contributed by atoms with E-state index in [4.69, 9.17) is 37.0 Å². The SMILES string of the molecule is CCCCCCCCCCCCCCCC(=O)OC[C@H](COP(=O)(O)OC[C@H](O)COP(=O)(O)OC[C@@H](COC(=O)CCCCCCCCCCCCC(C)C)OC(=O)CCCCCCCCCCCCCCCC(C)C)OC(=O)CCCCCCCCCCCCCCC. The molecule has 17 nitrogen and oxygen atoms in total. The molecule has 0 radical (unpaired) electrons. The quantitative estimate of drug-likeness (QED) is 0.0222. The van der Waals surface area contributed by atoms with Crippen LogP contribution in [-0.2, 0) is 65.4 Å². The van der Waals surface area contributed by atoms with E-state index in [0.717, 1.165) is 102 Å². The second kappa shape index (κ2) is 67.9. The average molecular weight is 1400 g/mol. The number of phosphoric acid groups is 2. The number of hydrogen-bond acceptors (Lipinski definition) is 15. The third-order valence-electron chi connectivity index (χ3n) is 17.7. The van der Waals surface area contributed by atoms with E-state index in [2.05, 4.69) is 41.5 Å². The molecular formula is C76H148O17P2. The molecule has 0 aliphatic carbocycles. The molecule has 0 aromatic rings. The van der Waals surface area contributed by atoms with Crippen molar-refractivity contribution in [3.8, 4) is 0 Å². The molecule has 0 saturated heterocycles. The fraction of sp³-hybridized carbons (Fsp3) is 0.947. The molecule has 5 atom stereocenters. The van der Waals surface area contributed by atoms with Gasteiger partial charge in [0, 0.05) is 25.7 Å². The molecule has 0 amide bonds. The van der Waals surface area contributed by atoms with Crippen LogP contribution in [0.5, 0.6) is 0 Å². The molecule has 0 bridgehead atoms. The van der Waals surface area contributed by atoms with Crippen molar-refractivity contribution in [3.05, 3.63) is 0 Å². The van der Waals surface area contributed by atoms with Gasteiger partial charge < -0.3 is 33.8 Å². The highest BCUT2D eigenvalue weighted by atomic mass is 31.2. The van der Waals surface area contributed by atoms with Crippen molar-refractivity contribution >= 4 is 39.5 Å². The summed E-state index contributed by atoms with van der Waals surface area (Å²) in [6.07, 6.45) is 55.3. The minimum atomic E-state index is -4.96. The first kappa shape index (κ1) is 93.1. The molecule has 0 heterocycles. The maximum absolute atomic E-state index is 13.1. The van der Waals surface area contributed by atoms with Gasteiger partial charge in [-0.25, -0.2) is 9.13 Å². The zero-order valence-corrected chi connectivity index (χ0v) is 63.8. The standard InChI is InChI=1S/C76H148O17P2/c1-7-9-11-13-15-17-19-22-27-34-40-46-52-58-73(78)86-64-71(92-75(80)60-54-48-42-36-28-23-20-18-16-14-12-10-8-2)66-90-94(82,83)88-62-70(77)63-89-95(84,85)91-67-72(65-87-74(79)59-53-47-41-35-31-30-33-39-45-51-57-69(5)6)93-76(81)61-55-49-43-37-29-25-21-24-26-32-38-44-50-56-68(3)4/h68-72,77H,7-67H2,1-6H3,(H,82,83)(H,84,85)/t70-,71+,72+/m0/s1. The van der Waals surface area contributed by atoms with Crippen LogP contribution in [-0.4, -0.2) is 96.7 Å². The molecule has 95 heavy (non-hydrogen) atoms. The molecular weight excluding hydrogens is 1250 g/mol. The van der Waals surface area contributed by atoms with E-state index in [1.807, 2.05) is 0 Å². The Hall–Kier alpha value is -1.94. The number of rotatable bonds is 75. The number of carbonyl (C=O) groups is 4. The highest BCUT2D eigenvalue weighted by molar-refractivity contribution is 7.47. The Balaban J connectivity index is 5.26. The van der Waals surface area contributed by atoms with Gasteiger partial charge in [0.25, 0.3) is 0 Å². The van der Waals surface area contributed by atoms with Crippen molar-refractivity contribution in [2.75, 3.05) is 39.6 Å². The first-order chi connectivity index (χ1) is 45.9. The number of phosphoric ester groups is 2. The summed E-state index contributed by atoms with van der Waals surface area (Å²) in [6.45, 7) is 9.62. The van der Waals surface area contributed by atoms with Crippen molar-refractivity contribution in [3.63, 3.8) is 0 Å². The van der Waals surface area contributed by atoms with Crippen LogP contribution in [0.1, 0.15) is 395 Å². The number of aliphatic hydroxyl groups excluding tert-OH is 1. The van der Waals surface area contributed by atoms with Gasteiger partial charge >= 0.3 is 39.5 Å². The smallest absolute Gasteiger partial charge is 0.462 e. The fourth-order valence-electron chi connectivity index (χ4n) is 11.7.